The molecule has 0 atom stereocenters. The number of benzene rings is 2. The number of anilines is 1. The molecule has 0 saturated heterocycles. The molecule has 0 aliphatic carbocycles. The molecule has 26 heavy (non-hydrogen) atoms. The Kier molecular flexibility index (Phi) is 7.64. The van der Waals surface area contributed by atoms with Crippen LogP contribution in [0.15, 0.2) is 53.6 Å². The molecule has 0 fully saturated rings. The zero-order chi connectivity index (χ0) is 18.8. The first-order chi connectivity index (χ1) is 12.6. The highest BCUT2D eigenvalue weighted by atomic mass is 35.5. The van der Waals surface area contributed by atoms with Gasteiger partial charge in [0.1, 0.15) is 12.2 Å². The van der Waals surface area contributed by atoms with Gasteiger partial charge in [-0.15, -0.1) is 0 Å². The van der Waals surface area contributed by atoms with Crippen molar-refractivity contribution in [1.29, 1.82) is 0 Å². The fourth-order valence-corrected chi connectivity index (χ4v) is 2.17. The van der Waals surface area contributed by atoms with Crippen molar-refractivity contribution in [3.63, 3.8) is 0 Å². The van der Waals surface area contributed by atoms with Crippen LogP contribution in [-0.4, -0.2) is 24.6 Å². The number of para-hydroxylation sites is 1. The molecule has 2 aromatic rings. The van der Waals surface area contributed by atoms with Gasteiger partial charge in [-0.05, 0) is 48.4 Å². The number of carbonyl (C=O) groups excluding carboxylic acids is 2. The van der Waals surface area contributed by atoms with E-state index in [4.69, 9.17) is 16.3 Å². The number of hydrogen-bond donors (Lipinski definition) is 2. The van der Waals surface area contributed by atoms with Crippen LogP contribution in [-0.2, 0) is 9.59 Å². The van der Waals surface area contributed by atoms with Crippen LogP contribution in [0, 0.1) is 0 Å². The lowest BCUT2D eigenvalue weighted by Crippen LogP contribution is -2.24. The van der Waals surface area contributed by atoms with Gasteiger partial charge < -0.3 is 10.1 Å². The van der Waals surface area contributed by atoms with Gasteiger partial charge in [-0.3, -0.25) is 9.59 Å². The number of rotatable bonds is 8. The van der Waals surface area contributed by atoms with Crippen molar-refractivity contribution in [2.24, 2.45) is 5.10 Å². The van der Waals surface area contributed by atoms with Crippen LogP contribution in [0.5, 0.6) is 5.75 Å². The summed E-state index contributed by atoms with van der Waals surface area (Å²) in [6.45, 7) is 2.71. The Labute approximate surface area is 157 Å². The van der Waals surface area contributed by atoms with Crippen molar-refractivity contribution in [1.82, 2.24) is 5.43 Å². The molecule has 6 nitrogen and oxygen atoms in total. The predicted octanol–water partition coefficient (Wildman–Crippen LogP) is 3.61. The van der Waals surface area contributed by atoms with Gasteiger partial charge >= 0.3 is 0 Å². The predicted molar refractivity (Wildman–Crippen MR) is 103 cm³/mol. The molecule has 2 aromatic carbocycles. The second-order valence-electron chi connectivity index (χ2n) is 5.42. The van der Waals surface area contributed by atoms with Gasteiger partial charge in [0.2, 0.25) is 11.8 Å². The first-order valence-corrected chi connectivity index (χ1v) is 8.55. The van der Waals surface area contributed by atoms with Gasteiger partial charge in [0.25, 0.3) is 0 Å². The second kappa shape index (κ2) is 10.2. The van der Waals surface area contributed by atoms with E-state index in [1.54, 1.807) is 24.3 Å². The Bertz CT molecular complexity index is 776. The van der Waals surface area contributed by atoms with Gasteiger partial charge in [0, 0.05) is 0 Å². The molecular formula is C19H20ClN3O3. The zero-order valence-corrected chi connectivity index (χ0v) is 15.1. The van der Waals surface area contributed by atoms with Crippen molar-refractivity contribution >= 4 is 35.3 Å². The van der Waals surface area contributed by atoms with Gasteiger partial charge in [0.05, 0.1) is 23.5 Å². The van der Waals surface area contributed by atoms with E-state index in [1.165, 1.54) is 6.21 Å². The standard InChI is InChI=1S/C19H20ClN3O3/c1-2-11-26-15-9-7-14(8-10-15)13-21-23-19(25)12-18(24)22-17-6-4-3-5-16(17)20/h3-10,13H,2,11-12H2,1H3,(H,22,24)(H,23,25). The van der Waals surface area contributed by atoms with Crippen molar-refractivity contribution in [2.45, 2.75) is 19.8 Å². The SMILES string of the molecule is CCCOc1ccc(C=NNC(=O)CC(=O)Nc2ccccc2Cl)cc1. The molecule has 2 N–H and O–H groups in total. The lowest BCUT2D eigenvalue weighted by molar-refractivity contribution is -0.126. The van der Waals surface area contributed by atoms with Gasteiger partial charge in [-0.2, -0.15) is 5.10 Å². The number of carbonyl (C=O) groups is 2. The molecule has 0 saturated carbocycles. The Morgan fingerprint density at radius 2 is 1.85 bits per heavy atom. The monoisotopic (exact) mass is 373 g/mol. The first kappa shape index (κ1) is 19.5. The van der Waals surface area contributed by atoms with E-state index < -0.39 is 11.8 Å². The molecule has 0 unspecified atom stereocenters. The number of hydrogen-bond acceptors (Lipinski definition) is 4. The Morgan fingerprint density at radius 3 is 2.54 bits per heavy atom. The molecule has 136 valence electrons. The summed E-state index contributed by atoms with van der Waals surface area (Å²) in [5.41, 5.74) is 3.58. The third-order valence-corrected chi connectivity index (χ3v) is 3.55. The molecular weight excluding hydrogens is 354 g/mol. The minimum atomic E-state index is -0.520. The largest absolute Gasteiger partial charge is 0.494 e. The summed E-state index contributed by atoms with van der Waals surface area (Å²) in [5.74, 6) is -0.207. The van der Waals surface area contributed by atoms with Crippen LogP contribution >= 0.6 is 11.6 Å². The van der Waals surface area contributed by atoms with E-state index in [-0.39, 0.29) is 6.42 Å². The van der Waals surface area contributed by atoms with E-state index in [2.05, 4.69) is 15.8 Å². The van der Waals surface area contributed by atoms with Crippen LogP contribution in [0.1, 0.15) is 25.3 Å². The van der Waals surface area contributed by atoms with E-state index in [0.717, 1.165) is 17.7 Å². The molecule has 7 heteroatoms. The van der Waals surface area contributed by atoms with Crippen LogP contribution < -0.4 is 15.5 Å². The van der Waals surface area contributed by atoms with Gasteiger partial charge in [0.15, 0.2) is 0 Å². The van der Waals surface area contributed by atoms with Crippen LogP contribution in [0.4, 0.5) is 5.69 Å². The summed E-state index contributed by atoms with van der Waals surface area (Å²) in [6, 6.07) is 14.1. The minimum absolute atomic E-state index is 0.355. The molecule has 2 rings (SSSR count). The van der Waals surface area contributed by atoms with E-state index in [9.17, 15) is 9.59 Å². The molecule has 0 heterocycles. The molecule has 0 aliphatic heterocycles. The summed E-state index contributed by atoms with van der Waals surface area (Å²) in [5, 5.41) is 6.82. The number of hydrazone groups is 1. The molecule has 0 spiro atoms. The zero-order valence-electron chi connectivity index (χ0n) is 14.4. The highest BCUT2D eigenvalue weighted by molar-refractivity contribution is 6.33. The maximum Gasteiger partial charge on any atom is 0.249 e. The van der Waals surface area contributed by atoms with Crippen molar-refractivity contribution < 1.29 is 14.3 Å². The number of nitrogens with one attached hydrogen (secondary N) is 2. The highest BCUT2D eigenvalue weighted by Crippen LogP contribution is 2.20. The molecule has 0 aromatic heterocycles. The molecule has 0 radical (unpaired) electrons. The van der Waals surface area contributed by atoms with Crippen molar-refractivity contribution in [3.05, 3.63) is 59.1 Å². The fourth-order valence-electron chi connectivity index (χ4n) is 1.99. The van der Waals surface area contributed by atoms with Crippen LogP contribution in [0.2, 0.25) is 5.02 Å². The topological polar surface area (TPSA) is 79.8 Å². The summed E-state index contributed by atoms with van der Waals surface area (Å²) in [6.07, 6.45) is 2.08. The average Bonchev–Trinajstić information content (AvgIpc) is 2.63. The Morgan fingerprint density at radius 1 is 1.12 bits per heavy atom. The number of ether oxygens (including phenoxy) is 1. The molecule has 0 aliphatic rings. The summed E-state index contributed by atoms with van der Waals surface area (Å²) >= 11 is 5.95. The quantitative estimate of drug-likeness (QED) is 0.421. The van der Waals surface area contributed by atoms with Crippen molar-refractivity contribution in [2.75, 3.05) is 11.9 Å². The summed E-state index contributed by atoms with van der Waals surface area (Å²) in [7, 11) is 0. The van der Waals surface area contributed by atoms with Gasteiger partial charge in [-0.25, -0.2) is 5.43 Å². The molecule has 2 amide bonds. The number of nitrogens with zero attached hydrogens (tertiary/aromatic N) is 1. The highest BCUT2D eigenvalue weighted by Gasteiger charge is 2.10. The van der Waals surface area contributed by atoms with Crippen LogP contribution in [0.3, 0.4) is 0 Å². The Hall–Kier alpha value is -2.86. The smallest absolute Gasteiger partial charge is 0.249 e. The number of halogens is 1. The maximum absolute atomic E-state index is 11.8. The van der Waals surface area contributed by atoms with E-state index >= 15 is 0 Å². The van der Waals surface area contributed by atoms with E-state index in [1.807, 2.05) is 31.2 Å². The Balaban J connectivity index is 1.78. The fraction of sp³-hybridized carbons (Fsp3) is 0.211. The van der Waals surface area contributed by atoms with Crippen LogP contribution in [0.25, 0.3) is 0 Å². The van der Waals surface area contributed by atoms with Crippen molar-refractivity contribution in [3.8, 4) is 5.75 Å². The normalized spacial score (nSPS) is 10.5. The van der Waals surface area contributed by atoms with E-state index in [0.29, 0.717) is 17.3 Å². The second-order valence-corrected chi connectivity index (χ2v) is 5.82. The summed E-state index contributed by atoms with van der Waals surface area (Å²) < 4.78 is 5.49. The van der Waals surface area contributed by atoms with Gasteiger partial charge in [-0.1, -0.05) is 30.7 Å². The third-order valence-electron chi connectivity index (χ3n) is 3.22. The lowest BCUT2D eigenvalue weighted by atomic mass is 10.2. The lowest BCUT2D eigenvalue weighted by Gasteiger charge is -2.06. The third kappa shape index (κ3) is 6.57. The average molecular weight is 374 g/mol. The molecule has 0 bridgehead atoms. The summed E-state index contributed by atoms with van der Waals surface area (Å²) in [4.78, 5) is 23.6. The maximum atomic E-state index is 11.8. The minimum Gasteiger partial charge on any atom is -0.494 e. The first-order valence-electron chi connectivity index (χ1n) is 8.17. The number of amides is 2.